The molecular weight excluding hydrogens is 374 g/mol. The van der Waals surface area contributed by atoms with E-state index in [1.165, 1.54) is 0 Å². The summed E-state index contributed by atoms with van der Waals surface area (Å²) in [5, 5.41) is 2.70. The molecule has 0 saturated heterocycles. The Bertz CT molecular complexity index is 876. The molecule has 152 valence electrons. The lowest BCUT2D eigenvalue weighted by molar-refractivity contribution is -0.147. The van der Waals surface area contributed by atoms with Crippen LogP contribution in [0.25, 0.3) is 0 Å². The molecule has 2 aliphatic rings. The minimum Gasteiger partial charge on any atom is -0.493 e. The molecule has 4 rings (SSSR count). The van der Waals surface area contributed by atoms with Gasteiger partial charge in [0.05, 0.1) is 13.0 Å². The fourth-order valence-corrected chi connectivity index (χ4v) is 3.47. The third-order valence-corrected chi connectivity index (χ3v) is 4.87. The van der Waals surface area contributed by atoms with Gasteiger partial charge >= 0.3 is 5.97 Å². The maximum absolute atomic E-state index is 12.1. The van der Waals surface area contributed by atoms with Crippen LogP contribution in [0.4, 0.5) is 5.69 Å². The molecule has 0 unspecified atom stereocenters. The van der Waals surface area contributed by atoms with Crippen LogP contribution in [0.3, 0.4) is 0 Å². The number of fused-ring (bicyclic) bond motifs is 1. The Labute approximate surface area is 168 Å². The van der Waals surface area contributed by atoms with Gasteiger partial charge in [-0.05, 0) is 37.1 Å². The molecule has 1 spiro atoms. The normalized spacial score (nSPS) is 15.9. The molecule has 7 nitrogen and oxygen atoms in total. The average molecular weight is 397 g/mol. The molecule has 0 atom stereocenters. The Kier molecular flexibility index (Phi) is 5.55. The van der Waals surface area contributed by atoms with Gasteiger partial charge in [0, 0.05) is 24.6 Å². The molecule has 0 bridgehead atoms. The first kappa shape index (κ1) is 19.1. The van der Waals surface area contributed by atoms with Gasteiger partial charge < -0.3 is 24.3 Å². The van der Waals surface area contributed by atoms with Crippen LogP contribution in [0.1, 0.15) is 32.1 Å². The quantitative estimate of drug-likeness (QED) is 0.718. The third-order valence-electron chi connectivity index (χ3n) is 4.87. The Balaban J connectivity index is 1.20. The van der Waals surface area contributed by atoms with Crippen LogP contribution in [0.15, 0.2) is 48.5 Å². The van der Waals surface area contributed by atoms with Gasteiger partial charge in [0.15, 0.2) is 18.1 Å². The fourth-order valence-electron chi connectivity index (χ4n) is 3.47. The third kappa shape index (κ3) is 4.80. The second-order valence-corrected chi connectivity index (χ2v) is 7.10. The van der Waals surface area contributed by atoms with Crippen LogP contribution >= 0.6 is 0 Å². The van der Waals surface area contributed by atoms with E-state index in [0.717, 1.165) is 25.7 Å². The zero-order chi connectivity index (χ0) is 20.1. The topological polar surface area (TPSA) is 83.1 Å². The van der Waals surface area contributed by atoms with Gasteiger partial charge in [-0.15, -0.1) is 0 Å². The molecule has 7 heteroatoms. The number of carbonyl (C=O) groups is 2. The van der Waals surface area contributed by atoms with Crippen LogP contribution in [-0.2, 0) is 14.3 Å². The summed E-state index contributed by atoms with van der Waals surface area (Å²) < 4.78 is 22.4. The molecule has 1 aliphatic carbocycles. The van der Waals surface area contributed by atoms with E-state index in [9.17, 15) is 9.59 Å². The van der Waals surface area contributed by atoms with Crippen molar-refractivity contribution in [1.29, 1.82) is 0 Å². The Morgan fingerprint density at radius 3 is 2.55 bits per heavy atom. The summed E-state index contributed by atoms with van der Waals surface area (Å²) in [6.07, 6.45) is 3.97. The van der Waals surface area contributed by atoms with E-state index in [2.05, 4.69) is 5.32 Å². The van der Waals surface area contributed by atoms with E-state index in [1.807, 2.05) is 18.2 Å². The van der Waals surface area contributed by atoms with E-state index < -0.39 is 17.7 Å². The number of rotatable bonds is 7. The molecule has 0 aromatic heterocycles. The van der Waals surface area contributed by atoms with Gasteiger partial charge in [-0.25, -0.2) is 0 Å². The summed E-state index contributed by atoms with van der Waals surface area (Å²) >= 11 is 0. The molecule has 1 fully saturated rings. The first-order chi connectivity index (χ1) is 14.1. The lowest BCUT2D eigenvalue weighted by Crippen LogP contribution is -2.34. The van der Waals surface area contributed by atoms with Crippen LogP contribution in [0.2, 0.25) is 0 Å². The summed E-state index contributed by atoms with van der Waals surface area (Å²) in [6, 6.07) is 14.4. The lowest BCUT2D eigenvalue weighted by Gasteiger charge is -2.21. The zero-order valence-electron chi connectivity index (χ0n) is 16.0. The lowest BCUT2D eigenvalue weighted by atomic mass is 10.2. The fraction of sp³-hybridized carbons (Fsp3) is 0.364. The largest absolute Gasteiger partial charge is 0.493 e. The van der Waals surface area contributed by atoms with Crippen molar-refractivity contribution in [2.45, 2.75) is 37.9 Å². The molecule has 1 N–H and O–H groups in total. The monoisotopic (exact) mass is 397 g/mol. The van der Waals surface area contributed by atoms with Crippen LogP contribution in [-0.4, -0.2) is 30.9 Å². The Hall–Kier alpha value is -3.22. The van der Waals surface area contributed by atoms with E-state index in [1.54, 1.807) is 30.3 Å². The van der Waals surface area contributed by atoms with Crippen molar-refractivity contribution in [2.24, 2.45) is 0 Å². The first-order valence-electron chi connectivity index (χ1n) is 9.77. The van der Waals surface area contributed by atoms with Gasteiger partial charge in [0.25, 0.3) is 11.7 Å². The van der Waals surface area contributed by atoms with Crippen molar-refractivity contribution in [2.75, 3.05) is 18.5 Å². The van der Waals surface area contributed by atoms with Gasteiger partial charge in [0.2, 0.25) is 0 Å². The van der Waals surface area contributed by atoms with Crippen LogP contribution in [0, 0.1) is 0 Å². The smallest absolute Gasteiger partial charge is 0.309 e. The van der Waals surface area contributed by atoms with Crippen molar-refractivity contribution in [1.82, 2.24) is 0 Å². The van der Waals surface area contributed by atoms with E-state index >= 15 is 0 Å². The molecule has 1 amide bonds. The van der Waals surface area contributed by atoms with Crippen LogP contribution in [0.5, 0.6) is 17.2 Å². The maximum atomic E-state index is 12.1. The summed E-state index contributed by atoms with van der Waals surface area (Å²) in [5.74, 6) is 0.541. The van der Waals surface area contributed by atoms with Crippen molar-refractivity contribution >= 4 is 17.6 Å². The summed E-state index contributed by atoms with van der Waals surface area (Å²) in [5.41, 5.74) is 0.566. The highest BCUT2D eigenvalue weighted by molar-refractivity contribution is 5.93. The molecule has 1 saturated carbocycles. The average Bonchev–Trinajstić information content (AvgIpc) is 3.32. The van der Waals surface area contributed by atoms with Gasteiger partial charge in [-0.1, -0.05) is 18.2 Å². The number of hydrogen-bond acceptors (Lipinski definition) is 6. The second kappa shape index (κ2) is 8.43. The van der Waals surface area contributed by atoms with Crippen molar-refractivity contribution in [3.63, 3.8) is 0 Å². The predicted molar refractivity (Wildman–Crippen MR) is 105 cm³/mol. The summed E-state index contributed by atoms with van der Waals surface area (Å²) in [7, 11) is 0. The van der Waals surface area contributed by atoms with Gasteiger partial charge in [0.1, 0.15) is 5.75 Å². The maximum Gasteiger partial charge on any atom is 0.309 e. The number of amides is 1. The number of hydrogen-bond donors (Lipinski definition) is 1. The minimum atomic E-state index is -0.539. The molecular formula is C22H23NO6. The minimum absolute atomic E-state index is 0.0638. The van der Waals surface area contributed by atoms with E-state index in [-0.39, 0.29) is 19.6 Å². The molecule has 29 heavy (non-hydrogen) atoms. The first-order valence-corrected chi connectivity index (χ1v) is 9.77. The highest BCUT2D eigenvalue weighted by Gasteiger charge is 2.44. The van der Waals surface area contributed by atoms with Gasteiger partial charge in [-0.3, -0.25) is 9.59 Å². The number of anilines is 1. The number of benzene rings is 2. The van der Waals surface area contributed by atoms with E-state index in [0.29, 0.717) is 22.9 Å². The molecule has 2 aromatic rings. The highest BCUT2D eigenvalue weighted by atomic mass is 16.7. The number of esters is 1. The summed E-state index contributed by atoms with van der Waals surface area (Å²) in [6.45, 7) is -0.170. The number of carbonyl (C=O) groups excluding carboxylic acids is 2. The number of para-hydroxylation sites is 1. The molecule has 0 radical (unpaired) electrons. The van der Waals surface area contributed by atoms with Crippen molar-refractivity contribution in [3.8, 4) is 17.2 Å². The highest BCUT2D eigenvalue weighted by Crippen LogP contribution is 2.47. The molecule has 2 aromatic carbocycles. The molecule has 1 aliphatic heterocycles. The van der Waals surface area contributed by atoms with Crippen LogP contribution < -0.4 is 19.5 Å². The SMILES string of the molecule is O=C(COC(=O)CCOc1ccccc1)Nc1ccc2c(c1)OC1(CCCC1)O2. The standard InChI is InChI=1S/C22H23NO6/c24-20(15-27-21(25)10-13-26-17-6-2-1-3-7-17)23-16-8-9-18-19(14-16)29-22(28-18)11-4-5-12-22/h1-3,6-9,14H,4-5,10-13,15H2,(H,23,24). The van der Waals surface area contributed by atoms with Gasteiger partial charge in [-0.2, -0.15) is 0 Å². The predicted octanol–water partition coefficient (Wildman–Crippen LogP) is 3.68. The van der Waals surface area contributed by atoms with Crippen molar-refractivity contribution < 1.29 is 28.5 Å². The van der Waals surface area contributed by atoms with E-state index in [4.69, 9.17) is 18.9 Å². The van der Waals surface area contributed by atoms with Crippen molar-refractivity contribution in [3.05, 3.63) is 48.5 Å². The second-order valence-electron chi connectivity index (χ2n) is 7.10. The summed E-state index contributed by atoms with van der Waals surface area (Å²) in [4.78, 5) is 23.8. The number of ether oxygens (including phenoxy) is 4. The molecule has 1 heterocycles. The Morgan fingerprint density at radius 2 is 1.76 bits per heavy atom. The number of nitrogens with one attached hydrogen (secondary N) is 1. The zero-order valence-corrected chi connectivity index (χ0v) is 16.0. The Morgan fingerprint density at radius 1 is 1.00 bits per heavy atom.